The van der Waals surface area contributed by atoms with Gasteiger partial charge in [-0.3, -0.25) is 4.79 Å². The maximum Gasteiger partial charge on any atom is 0.416 e. The number of sulfonamides is 2. The molecule has 0 aliphatic carbocycles. The molecule has 2 aromatic carbocycles. The van der Waals surface area contributed by atoms with E-state index in [0.29, 0.717) is 24.6 Å². The molecule has 36 heavy (non-hydrogen) atoms. The lowest BCUT2D eigenvalue weighted by atomic mass is 10.1. The van der Waals surface area contributed by atoms with Gasteiger partial charge in [-0.25, -0.2) is 25.9 Å². The zero-order chi connectivity index (χ0) is 26.7. The van der Waals surface area contributed by atoms with Crippen LogP contribution in [0, 0.1) is 11.7 Å². The van der Waals surface area contributed by atoms with Crippen molar-refractivity contribution in [3.8, 4) is 0 Å². The number of carbonyl (C=O) groups is 1. The number of rotatable bonds is 9. The summed E-state index contributed by atoms with van der Waals surface area (Å²) in [6, 6.07) is 6.76. The highest BCUT2D eigenvalue weighted by atomic mass is 32.2. The Balaban J connectivity index is 1.62. The highest BCUT2D eigenvalue weighted by Crippen LogP contribution is 2.30. The summed E-state index contributed by atoms with van der Waals surface area (Å²) in [7, 11) is -7.53. The minimum Gasteiger partial charge on any atom is -0.348 e. The second-order valence-corrected chi connectivity index (χ2v) is 11.7. The third kappa shape index (κ3) is 6.69. The summed E-state index contributed by atoms with van der Waals surface area (Å²) < 4.78 is 105. The minimum atomic E-state index is -4.66. The van der Waals surface area contributed by atoms with E-state index in [4.69, 9.17) is 0 Å². The van der Waals surface area contributed by atoms with Crippen LogP contribution in [0.2, 0.25) is 0 Å². The fraction of sp³-hybridized carbons (Fsp3) is 0.318. The Labute approximate surface area is 206 Å². The van der Waals surface area contributed by atoms with Crippen LogP contribution >= 0.6 is 0 Å². The van der Waals surface area contributed by atoms with Crippen LogP contribution in [0.15, 0.2) is 59.3 Å². The normalized spacial score (nSPS) is 17.2. The van der Waals surface area contributed by atoms with E-state index < -0.39 is 50.1 Å². The van der Waals surface area contributed by atoms with Gasteiger partial charge in [0.25, 0.3) is 5.91 Å². The van der Waals surface area contributed by atoms with Crippen LogP contribution in [0.1, 0.15) is 27.9 Å². The summed E-state index contributed by atoms with van der Waals surface area (Å²) in [5.74, 6) is -1.87. The van der Waals surface area contributed by atoms with E-state index in [1.54, 1.807) is 0 Å². The SMILES string of the molecule is C=CS(=O)(=O)NC[C@H]1CCN(S(=O)(=O)c2ccc(C(=O)NCc3cc(C(F)(F)F)ccc3F)cc2)C1. The van der Waals surface area contributed by atoms with Crippen LogP contribution < -0.4 is 10.0 Å². The van der Waals surface area contributed by atoms with E-state index in [-0.39, 0.29) is 41.6 Å². The molecule has 1 heterocycles. The number of benzene rings is 2. The average molecular weight is 550 g/mol. The van der Waals surface area contributed by atoms with Crippen molar-refractivity contribution < 1.29 is 39.2 Å². The molecule has 0 aromatic heterocycles. The van der Waals surface area contributed by atoms with Crippen LogP contribution in [0.5, 0.6) is 0 Å². The predicted molar refractivity (Wildman–Crippen MR) is 123 cm³/mol. The smallest absolute Gasteiger partial charge is 0.348 e. The molecule has 1 fully saturated rings. The molecule has 0 unspecified atom stereocenters. The highest BCUT2D eigenvalue weighted by molar-refractivity contribution is 7.92. The maximum absolute atomic E-state index is 13.9. The number of alkyl halides is 3. The van der Waals surface area contributed by atoms with Gasteiger partial charge in [0.2, 0.25) is 20.0 Å². The molecule has 0 saturated carbocycles. The first kappa shape index (κ1) is 27.8. The van der Waals surface area contributed by atoms with Crippen molar-refractivity contribution in [2.45, 2.75) is 24.0 Å². The number of hydrogen-bond donors (Lipinski definition) is 2. The molecule has 196 valence electrons. The molecule has 1 aliphatic heterocycles. The van der Waals surface area contributed by atoms with Gasteiger partial charge >= 0.3 is 6.18 Å². The molecular formula is C22H23F4N3O5S2. The molecule has 8 nitrogen and oxygen atoms in total. The van der Waals surface area contributed by atoms with Crippen molar-refractivity contribution in [1.29, 1.82) is 0 Å². The lowest BCUT2D eigenvalue weighted by Gasteiger charge is -2.17. The topological polar surface area (TPSA) is 113 Å². The van der Waals surface area contributed by atoms with Crippen molar-refractivity contribution in [2.75, 3.05) is 19.6 Å². The Hall–Kier alpha value is -2.81. The molecule has 1 atom stereocenters. The fourth-order valence-electron chi connectivity index (χ4n) is 3.57. The maximum atomic E-state index is 13.9. The van der Waals surface area contributed by atoms with Crippen molar-refractivity contribution in [1.82, 2.24) is 14.3 Å². The van der Waals surface area contributed by atoms with Crippen molar-refractivity contribution in [3.05, 3.63) is 77.0 Å². The largest absolute Gasteiger partial charge is 0.416 e. The quantitative estimate of drug-likeness (QED) is 0.468. The minimum absolute atomic E-state index is 0.0273. The Bertz CT molecular complexity index is 1340. The van der Waals surface area contributed by atoms with Crippen LogP contribution in [0.25, 0.3) is 0 Å². The molecule has 1 saturated heterocycles. The molecule has 0 spiro atoms. The molecule has 1 aliphatic rings. The average Bonchev–Trinajstić information content (AvgIpc) is 3.32. The summed E-state index contributed by atoms with van der Waals surface area (Å²) >= 11 is 0. The fourth-order valence-corrected chi connectivity index (χ4v) is 5.68. The van der Waals surface area contributed by atoms with Gasteiger partial charge in [-0.1, -0.05) is 6.58 Å². The van der Waals surface area contributed by atoms with E-state index in [9.17, 15) is 39.2 Å². The summed E-state index contributed by atoms with van der Waals surface area (Å²) in [4.78, 5) is 12.3. The predicted octanol–water partition coefficient (Wildman–Crippen LogP) is 2.85. The third-order valence-corrected chi connectivity index (χ3v) is 8.50. The van der Waals surface area contributed by atoms with E-state index in [1.165, 1.54) is 28.6 Å². The number of hydrogen-bond acceptors (Lipinski definition) is 5. The van der Waals surface area contributed by atoms with Gasteiger partial charge in [-0.15, -0.1) is 0 Å². The molecule has 0 bridgehead atoms. The van der Waals surface area contributed by atoms with Gasteiger partial charge in [0.1, 0.15) is 5.82 Å². The number of nitrogens with one attached hydrogen (secondary N) is 2. The van der Waals surface area contributed by atoms with Crippen LogP contribution in [-0.2, 0) is 32.8 Å². The Morgan fingerprint density at radius 3 is 2.39 bits per heavy atom. The molecule has 0 radical (unpaired) electrons. The number of amides is 1. The molecule has 1 amide bonds. The molecule has 3 rings (SSSR count). The molecule has 2 aromatic rings. The van der Waals surface area contributed by atoms with Crippen LogP contribution in [-0.4, -0.2) is 46.7 Å². The van der Waals surface area contributed by atoms with Crippen LogP contribution in [0.3, 0.4) is 0 Å². The first-order valence-electron chi connectivity index (χ1n) is 10.6. The Morgan fingerprint density at radius 1 is 1.11 bits per heavy atom. The molecule has 14 heteroatoms. The monoisotopic (exact) mass is 549 g/mol. The molecular weight excluding hydrogens is 526 g/mol. The lowest BCUT2D eigenvalue weighted by molar-refractivity contribution is -0.137. The zero-order valence-corrected chi connectivity index (χ0v) is 20.4. The van der Waals surface area contributed by atoms with Crippen molar-refractivity contribution >= 4 is 26.0 Å². The van der Waals surface area contributed by atoms with Gasteiger partial charge in [0, 0.05) is 42.7 Å². The summed E-state index contributed by atoms with van der Waals surface area (Å²) in [5.41, 5.74) is -1.37. The molecule has 2 N–H and O–H groups in total. The number of halogens is 4. The number of carbonyl (C=O) groups excluding carboxylic acids is 1. The van der Waals surface area contributed by atoms with Gasteiger partial charge in [0.15, 0.2) is 0 Å². The Morgan fingerprint density at radius 2 is 1.78 bits per heavy atom. The van der Waals surface area contributed by atoms with E-state index in [2.05, 4.69) is 16.6 Å². The first-order valence-corrected chi connectivity index (χ1v) is 13.6. The van der Waals surface area contributed by atoms with Crippen molar-refractivity contribution in [2.24, 2.45) is 5.92 Å². The third-order valence-electron chi connectivity index (χ3n) is 5.61. The van der Waals surface area contributed by atoms with Gasteiger partial charge in [-0.2, -0.15) is 17.5 Å². The van der Waals surface area contributed by atoms with Crippen molar-refractivity contribution in [3.63, 3.8) is 0 Å². The standard InChI is InChI=1S/C22H23F4N3O5S2/c1-2-35(31,32)28-12-15-9-10-29(14-15)36(33,34)19-6-3-16(4-7-19)21(30)27-13-17-11-18(22(24,25)26)5-8-20(17)23/h2-8,11,15,28H,1,9-10,12-14H2,(H,27,30)/t15-/m1/s1. The van der Waals surface area contributed by atoms with E-state index in [0.717, 1.165) is 5.41 Å². The van der Waals surface area contributed by atoms with Gasteiger partial charge in [0.05, 0.1) is 10.5 Å². The highest BCUT2D eigenvalue weighted by Gasteiger charge is 2.33. The summed E-state index contributed by atoms with van der Waals surface area (Å²) in [6.07, 6.45) is -4.21. The second kappa shape index (κ2) is 10.7. The zero-order valence-electron chi connectivity index (χ0n) is 18.8. The van der Waals surface area contributed by atoms with Crippen LogP contribution in [0.4, 0.5) is 17.6 Å². The summed E-state index contributed by atoms with van der Waals surface area (Å²) in [6.45, 7) is 3.04. The second-order valence-electron chi connectivity index (χ2n) is 8.09. The van der Waals surface area contributed by atoms with Gasteiger partial charge in [-0.05, 0) is 54.8 Å². The number of nitrogens with zero attached hydrogens (tertiary/aromatic N) is 1. The summed E-state index contributed by atoms with van der Waals surface area (Å²) in [5, 5.41) is 3.08. The lowest BCUT2D eigenvalue weighted by Crippen LogP contribution is -2.32. The van der Waals surface area contributed by atoms with E-state index >= 15 is 0 Å². The van der Waals surface area contributed by atoms with E-state index in [1.807, 2.05) is 0 Å². The Kier molecular flexibility index (Phi) is 8.23. The first-order chi connectivity index (χ1) is 16.7. The van der Waals surface area contributed by atoms with Gasteiger partial charge < -0.3 is 5.32 Å².